The van der Waals surface area contributed by atoms with E-state index in [1.54, 1.807) is 18.2 Å². The molecule has 72 heavy (non-hydrogen) atoms. The molecule has 406 valence electrons. The predicted octanol–water partition coefficient (Wildman–Crippen LogP) is 9.03. The van der Waals surface area contributed by atoms with Crippen LogP contribution in [-0.4, -0.2) is 114 Å². The van der Waals surface area contributed by atoms with E-state index in [9.17, 15) is 58.9 Å². The first-order chi connectivity index (χ1) is 34.5. The minimum atomic E-state index is -5.39. The molecule has 0 aromatic heterocycles. The van der Waals surface area contributed by atoms with E-state index in [-0.39, 0.29) is 19.3 Å². The van der Waals surface area contributed by atoms with E-state index in [2.05, 4.69) is 91.3 Å². The number of unbranched alkanes of at least 4 members (excludes halogenated alkanes) is 3. The Kier molecular flexibility index (Phi) is 38.1. The van der Waals surface area contributed by atoms with Crippen LogP contribution in [0, 0.1) is 0 Å². The second-order valence-electron chi connectivity index (χ2n) is 16.6. The zero-order chi connectivity index (χ0) is 53.3. The molecule has 0 heterocycles. The molecule has 0 saturated heterocycles. The van der Waals surface area contributed by atoms with Crippen molar-refractivity contribution >= 4 is 27.6 Å². The molecule has 0 aromatic carbocycles. The van der Waals surface area contributed by atoms with Crippen LogP contribution in [0.2, 0.25) is 0 Å². The van der Waals surface area contributed by atoms with E-state index in [4.69, 9.17) is 18.5 Å². The van der Waals surface area contributed by atoms with E-state index in [1.807, 2.05) is 42.5 Å². The highest BCUT2D eigenvalue weighted by molar-refractivity contribution is 7.47. The average Bonchev–Trinajstić information content (AvgIpc) is 3.33. The first-order valence-corrected chi connectivity index (χ1v) is 27.9. The standard InChI is InChI=1S/C53H82O17P2/c1-3-5-7-9-11-12-13-14-15-16-17-18-19-20-21-25-28-32-36-40-46(55)66-42-45(43-67-72(64,65)70-53-50(59)48(57)49(58)52(51(53)60)69-71(61,62)63)68-47(56)41-37-33-29-26-23-22-24-27-31-35-39-44(54)38-34-30-10-8-6-4-2/h5-8,11-12,14-15,17-18,20-23,27,29-31,33-35,39,44-45,48-54,57-60H,3-4,9-10,13,16,19,24-26,28,32,36-38,40-43H2,1-2H3,(H,64,65)(H2,61,62,63)/b7-5-,8-6-,12-11-,15-14-,18-17-,21-20-,23-22-,31-27-,33-29-,34-30-,39-35+/t44?,45-,48?,49?,50?,51?,52-,53+/m1/s1. The number of aliphatic hydroxyl groups excluding tert-OH is 5. The van der Waals surface area contributed by atoms with Crippen LogP contribution in [0.1, 0.15) is 123 Å². The number of rotatable bonds is 39. The van der Waals surface area contributed by atoms with E-state index >= 15 is 0 Å². The van der Waals surface area contributed by atoms with Crippen molar-refractivity contribution in [3.05, 3.63) is 134 Å². The molecule has 6 unspecified atom stereocenters. The van der Waals surface area contributed by atoms with E-state index < -0.39 is 89.6 Å². The monoisotopic (exact) mass is 1050 g/mol. The summed E-state index contributed by atoms with van der Waals surface area (Å²) in [6.45, 7) is 2.72. The maximum Gasteiger partial charge on any atom is 0.472 e. The lowest BCUT2D eigenvalue weighted by atomic mass is 9.85. The lowest BCUT2D eigenvalue weighted by Crippen LogP contribution is -2.64. The van der Waals surface area contributed by atoms with Gasteiger partial charge in [-0.15, -0.1) is 0 Å². The highest BCUT2D eigenvalue weighted by Crippen LogP contribution is 2.49. The molecular weight excluding hydrogens is 971 g/mol. The summed E-state index contributed by atoms with van der Waals surface area (Å²) in [5, 5.41) is 51.3. The summed E-state index contributed by atoms with van der Waals surface area (Å²) in [5.74, 6) is -1.39. The molecule has 0 amide bonds. The Bertz CT molecular complexity index is 1910. The number of phosphoric acid groups is 2. The first-order valence-electron chi connectivity index (χ1n) is 24.8. The van der Waals surface area contributed by atoms with Gasteiger partial charge in [0.15, 0.2) is 6.10 Å². The van der Waals surface area contributed by atoms with Gasteiger partial charge in [0.1, 0.15) is 43.2 Å². The Morgan fingerprint density at radius 1 is 0.514 bits per heavy atom. The third kappa shape index (κ3) is 35.3. The number of carbonyl (C=O) groups is 2. The Morgan fingerprint density at radius 3 is 1.54 bits per heavy atom. The molecular formula is C53H82O17P2. The van der Waals surface area contributed by atoms with Crippen LogP contribution in [-0.2, 0) is 41.8 Å². The zero-order valence-electron chi connectivity index (χ0n) is 41.9. The largest absolute Gasteiger partial charge is 0.472 e. The number of carbonyl (C=O) groups excluding carboxylic acids is 2. The van der Waals surface area contributed by atoms with Gasteiger partial charge in [0.25, 0.3) is 0 Å². The summed E-state index contributed by atoms with van der Waals surface area (Å²) in [7, 11) is -10.8. The molecule has 1 rings (SSSR count). The molecule has 1 fully saturated rings. The molecule has 1 aliphatic rings. The van der Waals surface area contributed by atoms with Crippen molar-refractivity contribution in [1.29, 1.82) is 0 Å². The molecule has 8 N–H and O–H groups in total. The minimum Gasteiger partial charge on any atom is -0.462 e. The maximum absolute atomic E-state index is 13.0. The van der Waals surface area contributed by atoms with Gasteiger partial charge in [-0.05, 0) is 89.9 Å². The molecule has 1 saturated carbocycles. The van der Waals surface area contributed by atoms with Crippen LogP contribution < -0.4 is 0 Å². The van der Waals surface area contributed by atoms with Crippen molar-refractivity contribution < 1.29 is 82.0 Å². The van der Waals surface area contributed by atoms with E-state index in [1.165, 1.54) is 0 Å². The van der Waals surface area contributed by atoms with Crippen LogP contribution in [0.3, 0.4) is 0 Å². The van der Waals surface area contributed by atoms with Gasteiger partial charge in [0.05, 0.1) is 12.7 Å². The summed E-state index contributed by atoms with van der Waals surface area (Å²) in [4.78, 5) is 54.4. The Hall–Kier alpha value is -3.90. The fourth-order valence-electron chi connectivity index (χ4n) is 6.51. The van der Waals surface area contributed by atoms with Crippen LogP contribution in [0.15, 0.2) is 134 Å². The van der Waals surface area contributed by atoms with Gasteiger partial charge >= 0.3 is 27.6 Å². The highest BCUT2D eigenvalue weighted by Gasteiger charge is 2.54. The third-order valence-electron chi connectivity index (χ3n) is 10.3. The second-order valence-corrected chi connectivity index (χ2v) is 19.2. The van der Waals surface area contributed by atoms with Crippen molar-refractivity contribution in [3.63, 3.8) is 0 Å². The van der Waals surface area contributed by atoms with Crippen LogP contribution >= 0.6 is 15.6 Å². The molecule has 9 atom stereocenters. The van der Waals surface area contributed by atoms with Crippen molar-refractivity contribution in [2.24, 2.45) is 0 Å². The van der Waals surface area contributed by atoms with E-state index in [0.717, 1.165) is 64.2 Å². The Balaban J connectivity index is 2.68. The fourth-order valence-corrected chi connectivity index (χ4v) is 8.05. The maximum atomic E-state index is 13.0. The number of phosphoric ester groups is 2. The zero-order valence-corrected chi connectivity index (χ0v) is 43.7. The first kappa shape index (κ1) is 66.1. The van der Waals surface area contributed by atoms with Gasteiger partial charge in [0.2, 0.25) is 0 Å². The molecule has 1 aliphatic carbocycles. The van der Waals surface area contributed by atoms with Gasteiger partial charge in [0, 0.05) is 12.8 Å². The lowest BCUT2D eigenvalue weighted by molar-refractivity contribution is -0.216. The number of aliphatic hydroxyl groups is 5. The van der Waals surface area contributed by atoms with Gasteiger partial charge in [-0.2, -0.15) is 0 Å². The van der Waals surface area contributed by atoms with Gasteiger partial charge < -0.3 is 49.7 Å². The molecule has 0 aromatic rings. The van der Waals surface area contributed by atoms with Crippen molar-refractivity contribution in [1.82, 2.24) is 0 Å². The molecule has 0 aliphatic heterocycles. The van der Waals surface area contributed by atoms with Crippen LogP contribution in [0.5, 0.6) is 0 Å². The average molecular weight is 1050 g/mol. The topological polar surface area (TPSA) is 276 Å². The Labute approximate surface area is 426 Å². The second kappa shape index (κ2) is 41.5. The minimum absolute atomic E-state index is 0.0464. The molecule has 0 spiro atoms. The number of hydrogen-bond acceptors (Lipinski definition) is 14. The number of allylic oxidation sites excluding steroid dienone is 20. The van der Waals surface area contributed by atoms with Crippen molar-refractivity contribution in [2.75, 3.05) is 13.2 Å². The molecule has 19 heteroatoms. The summed E-state index contributed by atoms with van der Waals surface area (Å²) >= 11 is 0. The highest BCUT2D eigenvalue weighted by atomic mass is 31.2. The van der Waals surface area contributed by atoms with Gasteiger partial charge in [-0.3, -0.25) is 23.2 Å². The number of hydrogen-bond donors (Lipinski definition) is 8. The number of ether oxygens (including phenoxy) is 2. The Morgan fingerprint density at radius 2 is 1.00 bits per heavy atom. The van der Waals surface area contributed by atoms with Crippen LogP contribution in [0.4, 0.5) is 0 Å². The van der Waals surface area contributed by atoms with Crippen LogP contribution in [0.25, 0.3) is 0 Å². The quantitative estimate of drug-likeness (QED) is 0.00937. The van der Waals surface area contributed by atoms with Crippen molar-refractivity contribution in [2.45, 2.75) is 172 Å². The van der Waals surface area contributed by atoms with E-state index in [0.29, 0.717) is 25.7 Å². The van der Waals surface area contributed by atoms with Gasteiger partial charge in [-0.25, -0.2) is 9.13 Å². The molecule has 0 bridgehead atoms. The fraction of sp³-hybridized carbons (Fsp3) is 0.547. The summed E-state index contributed by atoms with van der Waals surface area (Å²) < 4.78 is 49.3. The smallest absolute Gasteiger partial charge is 0.462 e. The summed E-state index contributed by atoms with van der Waals surface area (Å²) in [6, 6.07) is 0. The normalized spacial score (nSPS) is 22.3. The molecule has 0 radical (unpaired) electrons. The number of esters is 2. The van der Waals surface area contributed by atoms with Gasteiger partial charge in [-0.1, -0.05) is 154 Å². The van der Waals surface area contributed by atoms with Crippen molar-refractivity contribution in [3.8, 4) is 0 Å². The molecule has 17 nitrogen and oxygen atoms in total. The summed E-state index contributed by atoms with van der Waals surface area (Å²) in [6.07, 6.45) is 40.1. The third-order valence-corrected chi connectivity index (χ3v) is 11.8. The summed E-state index contributed by atoms with van der Waals surface area (Å²) in [5.41, 5.74) is 0. The SMILES string of the molecule is CC/C=C\C/C=C\C/C=C\C/C=C\C/C=C\CCCCCC(=O)OC[C@H](COP(=O)(O)O[C@H]1C(O)C(O)C(O)[C@@H](OP(=O)(O)O)C1O)OC(=O)CC/C=C\C/C=C\C/C=C\C=C\C(O)C/C=C\C/C=C\CC. The lowest BCUT2D eigenvalue weighted by Gasteiger charge is -2.43. The predicted molar refractivity (Wildman–Crippen MR) is 279 cm³/mol.